The van der Waals surface area contributed by atoms with Crippen LogP contribution in [0.3, 0.4) is 0 Å². The van der Waals surface area contributed by atoms with Crippen LogP contribution in [0, 0.1) is 0 Å². The van der Waals surface area contributed by atoms with Gasteiger partial charge in [0.05, 0.1) is 33.4 Å². The van der Waals surface area contributed by atoms with Crippen molar-refractivity contribution >= 4 is 158 Å². The molecule has 0 saturated heterocycles. The number of fused-ring (bicyclic) bond motifs is 14. The van der Waals surface area contributed by atoms with Gasteiger partial charge in [-0.05, 0) is 170 Å². The number of rotatable bonds is 6. The van der Waals surface area contributed by atoms with Gasteiger partial charge in [-0.1, -0.05) is 217 Å². The standard InChI is InChI=1S/C86H66B2N6/c1-85(2,3)55-27-25-33-59(47-55)91-77-54-78-70(53-69(77)87-67-39-17-23-45-75(67)89(57-29-9-7-10-30-57)79-49-61(51-81(91)83(79)87)93-71-41-19-13-35-63(71)64-36-14-20-42-72(64)93)88-68-40-18-24-46-76(68)90(58-31-11-8-12-32-58)80-50-62(94-73-43-21-15-37-65(73)66-38-16-22-44-74(66)94)52-82(84(80)88)92(78)60-34-26-28-56(48-60)86(4,5)6/h7-54H,1-6H3. The summed E-state index contributed by atoms with van der Waals surface area (Å²) in [4.78, 5) is 10.4. The number of anilines is 12. The van der Waals surface area contributed by atoms with Gasteiger partial charge in [0, 0.05) is 89.8 Å². The van der Waals surface area contributed by atoms with E-state index in [1.807, 2.05) is 0 Å². The van der Waals surface area contributed by atoms with Crippen molar-refractivity contribution in [2.24, 2.45) is 0 Å². The third-order valence-electron chi connectivity index (χ3n) is 20.7. The molecule has 0 fully saturated rings. The Morgan fingerprint density at radius 3 is 0.894 bits per heavy atom. The van der Waals surface area contributed by atoms with E-state index in [1.54, 1.807) is 0 Å². The molecular weight excluding hydrogens is 1140 g/mol. The normalized spacial score (nSPS) is 13.7. The Morgan fingerprint density at radius 1 is 0.223 bits per heavy atom. The zero-order chi connectivity index (χ0) is 62.9. The molecule has 0 aliphatic carbocycles. The van der Waals surface area contributed by atoms with Gasteiger partial charge >= 0.3 is 0 Å². The van der Waals surface area contributed by atoms with Crippen molar-refractivity contribution in [1.29, 1.82) is 0 Å². The first kappa shape index (κ1) is 54.5. The van der Waals surface area contributed by atoms with Crippen molar-refractivity contribution in [3.63, 3.8) is 0 Å². The number of nitrogens with zero attached hydrogens (tertiary/aromatic N) is 6. The Kier molecular flexibility index (Phi) is 11.7. The fourth-order valence-corrected chi connectivity index (χ4v) is 16.5. The lowest BCUT2D eigenvalue weighted by Gasteiger charge is -2.47. The van der Waals surface area contributed by atoms with Crippen LogP contribution in [0.1, 0.15) is 52.7 Å². The Balaban J connectivity index is 0.972. The molecule has 4 aliphatic heterocycles. The summed E-state index contributed by atoms with van der Waals surface area (Å²) in [6.07, 6.45) is 0. The Bertz CT molecular complexity index is 5200. The zero-order valence-corrected chi connectivity index (χ0v) is 53.6. The van der Waals surface area contributed by atoms with Gasteiger partial charge in [0.25, 0.3) is 13.4 Å². The van der Waals surface area contributed by atoms with E-state index in [0.29, 0.717) is 0 Å². The van der Waals surface area contributed by atoms with Gasteiger partial charge in [-0.25, -0.2) is 0 Å². The lowest BCUT2D eigenvalue weighted by molar-refractivity contribution is 0.590. The topological polar surface area (TPSA) is 22.8 Å². The molecule has 0 radical (unpaired) electrons. The molecule has 19 rings (SSSR count). The summed E-state index contributed by atoms with van der Waals surface area (Å²) in [5.74, 6) is 0. The highest BCUT2D eigenvalue weighted by molar-refractivity contribution is 7.03. The van der Waals surface area contributed by atoms with Crippen LogP contribution in [0.15, 0.2) is 291 Å². The van der Waals surface area contributed by atoms with E-state index in [0.717, 1.165) is 68.2 Å². The number of hydrogen-bond donors (Lipinski definition) is 0. The highest BCUT2D eigenvalue weighted by atomic mass is 15.2. The van der Waals surface area contributed by atoms with Crippen LogP contribution in [0.25, 0.3) is 55.0 Å². The Labute approximate surface area is 549 Å². The molecule has 0 bridgehead atoms. The van der Waals surface area contributed by atoms with Crippen molar-refractivity contribution in [2.75, 3.05) is 19.6 Å². The molecule has 94 heavy (non-hydrogen) atoms. The molecule has 446 valence electrons. The average Bonchev–Trinajstić information content (AvgIpc) is 0.709. The summed E-state index contributed by atoms with van der Waals surface area (Å²) < 4.78 is 5.03. The molecule has 2 aromatic heterocycles. The number of aromatic nitrogens is 2. The van der Waals surface area contributed by atoms with E-state index in [9.17, 15) is 0 Å². The fourth-order valence-electron chi connectivity index (χ4n) is 16.5. The second kappa shape index (κ2) is 20.1. The van der Waals surface area contributed by atoms with Gasteiger partial charge in [0.15, 0.2) is 0 Å². The number of hydrogen-bond acceptors (Lipinski definition) is 4. The maximum atomic E-state index is 2.67. The molecule has 15 aromatic rings. The smallest absolute Gasteiger partial charge is 0.252 e. The van der Waals surface area contributed by atoms with Gasteiger partial charge in [0.1, 0.15) is 0 Å². The van der Waals surface area contributed by atoms with Crippen LogP contribution >= 0.6 is 0 Å². The molecule has 13 aromatic carbocycles. The maximum absolute atomic E-state index is 2.67. The van der Waals surface area contributed by atoms with Gasteiger partial charge in [-0.2, -0.15) is 0 Å². The minimum absolute atomic E-state index is 0.132. The lowest BCUT2D eigenvalue weighted by Crippen LogP contribution is -2.65. The Hall–Kier alpha value is -11.2. The number of para-hydroxylation sites is 8. The molecule has 6 nitrogen and oxygen atoms in total. The van der Waals surface area contributed by atoms with E-state index < -0.39 is 0 Å². The molecule has 0 N–H and O–H groups in total. The monoisotopic (exact) mass is 1200 g/mol. The average molecular weight is 1210 g/mol. The van der Waals surface area contributed by atoms with E-state index >= 15 is 0 Å². The third kappa shape index (κ3) is 7.92. The molecule has 4 aliphatic rings. The van der Waals surface area contributed by atoms with Gasteiger partial charge in [-0.15, -0.1) is 0 Å². The molecule has 0 amide bonds. The SMILES string of the molecule is CC(C)(C)c1cccc(N2c3cc4c(cc3B3c5ccccc5N(c5ccccc5)c5cc(-n6c7ccccc7c7ccccc76)cc2c53)B2c3ccccc3N(c3ccccc3)c3cc(-n5c6ccccc6c6ccccc65)cc(c32)N4c2cccc(C(C)(C)C)c2)c1. The highest BCUT2D eigenvalue weighted by Crippen LogP contribution is 2.51. The van der Waals surface area contributed by atoms with E-state index in [4.69, 9.17) is 0 Å². The van der Waals surface area contributed by atoms with Crippen LogP contribution < -0.4 is 52.4 Å². The first-order valence-corrected chi connectivity index (χ1v) is 33.1. The van der Waals surface area contributed by atoms with Crippen LogP contribution in [0.2, 0.25) is 0 Å². The van der Waals surface area contributed by atoms with Crippen molar-refractivity contribution in [1.82, 2.24) is 9.13 Å². The highest BCUT2D eigenvalue weighted by Gasteiger charge is 2.49. The van der Waals surface area contributed by atoms with Crippen molar-refractivity contribution in [2.45, 2.75) is 52.4 Å². The quantitative estimate of drug-likeness (QED) is 0.155. The van der Waals surface area contributed by atoms with Crippen molar-refractivity contribution in [3.8, 4) is 11.4 Å². The molecule has 0 unspecified atom stereocenters. The molecule has 6 heterocycles. The summed E-state index contributed by atoms with van der Waals surface area (Å²) in [6, 6.07) is 110. The zero-order valence-electron chi connectivity index (χ0n) is 53.6. The molecule has 0 saturated carbocycles. The largest absolute Gasteiger partial charge is 0.311 e. The molecule has 8 heteroatoms. The van der Waals surface area contributed by atoms with Crippen molar-refractivity contribution < 1.29 is 0 Å². The maximum Gasteiger partial charge on any atom is 0.252 e. The first-order chi connectivity index (χ1) is 45.9. The van der Waals surface area contributed by atoms with Crippen LogP contribution in [0.4, 0.5) is 68.2 Å². The Morgan fingerprint density at radius 2 is 0.532 bits per heavy atom. The minimum atomic E-state index is -0.161. The second-order valence-corrected chi connectivity index (χ2v) is 28.1. The van der Waals surface area contributed by atoms with Crippen LogP contribution in [-0.2, 0) is 10.8 Å². The minimum Gasteiger partial charge on any atom is -0.311 e. The van der Waals surface area contributed by atoms with Crippen LogP contribution in [0.5, 0.6) is 0 Å². The van der Waals surface area contributed by atoms with E-state index in [2.05, 4.69) is 361 Å². The van der Waals surface area contributed by atoms with Gasteiger partial charge in [0.2, 0.25) is 0 Å². The molecule has 0 spiro atoms. The van der Waals surface area contributed by atoms with Gasteiger partial charge in [-0.3, -0.25) is 0 Å². The summed E-state index contributed by atoms with van der Waals surface area (Å²) in [6.45, 7) is 13.7. The number of benzene rings is 13. The molecular formula is C86H66B2N6. The predicted octanol–water partition coefficient (Wildman–Crippen LogP) is 18.6. The van der Waals surface area contributed by atoms with Crippen LogP contribution in [-0.4, -0.2) is 22.6 Å². The van der Waals surface area contributed by atoms with Crippen molar-refractivity contribution in [3.05, 3.63) is 302 Å². The summed E-state index contributed by atoms with van der Waals surface area (Å²) in [5.41, 5.74) is 30.6. The third-order valence-corrected chi connectivity index (χ3v) is 20.7. The summed E-state index contributed by atoms with van der Waals surface area (Å²) in [5, 5.41) is 4.93. The van der Waals surface area contributed by atoms with E-state index in [-0.39, 0.29) is 24.3 Å². The van der Waals surface area contributed by atoms with E-state index in [1.165, 1.54) is 98.9 Å². The second-order valence-electron chi connectivity index (χ2n) is 28.1. The lowest BCUT2D eigenvalue weighted by atomic mass is 9.30. The molecule has 0 atom stereocenters. The fraction of sp³-hybridized carbons (Fsp3) is 0.0930. The summed E-state index contributed by atoms with van der Waals surface area (Å²) in [7, 11) is 0. The first-order valence-electron chi connectivity index (χ1n) is 33.1. The van der Waals surface area contributed by atoms with Gasteiger partial charge < -0.3 is 28.7 Å². The summed E-state index contributed by atoms with van der Waals surface area (Å²) >= 11 is 0. The predicted molar refractivity (Wildman–Crippen MR) is 401 cm³/mol.